The molecule has 0 unspecified atom stereocenters. The number of aromatic nitrogens is 2. The van der Waals surface area contributed by atoms with Crippen molar-refractivity contribution < 1.29 is 0 Å². The Hall–Kier alpha value is -4.15. The van der Waals surface area contributed by atoms with E-state index in [2.05, 4.69) is 158 Å². The predicted octanol–water partition coefficient (Wildman–Crippen LogP) is 6.34. The molecule has 0 aliphatic heterocycles. The van der Waals surface area contributed by atoms with Gasteiger partial charge in [-0.3, -0.25) is 4.98 Å². The van der Waals surface area contributed by atoms with Crippen molar-refractivity contribution in [2.45, 2.75) is 18.1 Å². The molecule has 5 rings (SSSR count). The molecule has 5 aromatic rings. The average Bonchev–Trinajstić information content (AvgIpc) is 3.43. The first kappa shape index (κ1) is 25.5. The van der Waals surface area contributed by atoms with Crippen LogP contribution in [0.3, 0.4) is 0 Å². The number of nitrogens with zero attached hydrogens (tertiary/aromatic N) is 2. The highest BCUT2D eigenvalue weighted by Crippen LogP contribution is 2.26. The highest BCUT2D eigenvalue weighted by Gasteiger charge is 2.12. The zero-order valence-electron chi connectivity index (χ0n) is 21.6. The first-order valence-electron chi connectivity index (χ1n) is 13.3. The maximum Gasteiger partial charge on any atom is 0.241 e. The molecule has 1 aromatic heterocycles. The van der Waals surface area contributed by atoms with Crippen LogP contribution in [0.25, 0.3) is 11.5 Å². The minimum absolute atomic E-state index is 0.292. The summed E-state index contributed by atoms with van der Waals surface area (Å²) in [6, 6.07) is 43.8. The molecule has 0 saturated heterocycles. The second-order valence-corrected chi connectivity index (χ2v) is 11.1. The van der Waals surface area contributed by atoms with Crippen LogP contribution in [0.4, 0.5) is 0 Å². The second kappa shape index (κ2) is 13.4. The van der Waals surface area contributed by atoms with Gasteiger partial charge in [0.1, 0.15) is 0 Å². The van der Waals surface area contributed by atoms with Crippen molar-refractivity contribution in [1.29, 1.82) is 0 Å². The van der Waals surface area contributed by atoms with E-state index < -0.39 is 0 Å². The van der Waals surface area contributed by atoms with E-state index in [9.17, 15) is 0 Å². The smallest absolute Gasteiger partial charge is 0.241 e. The summed E-state index contributed by atoms with van der Waals surface area (Å²) < 4.78 is 2.31. The van der Waals surface area contributed by atoms with Gasteiger partial charge in [-0.05, 0) is 28.3 Å². The van der Waals surface area contributed by atoms with E-state index in [0.717, 1.165) is 17.9 Å². The fourth-order valence-electron chi connectivity index (χ4n) is 4.70. The van der Waals surface area contributed by atoms with Gasteiger partial charge in [0.25, 0.3) is 0 Å². The van der Waals surface area contributed by atoms with Crippen LogP contribution in [0.2, 0.25) is 6.04 Å². The van der Waals surface area contributed by atoms with Gasteiger partial charge in [-0.15, -0.1) is 0 Å². The fourth-order valence-corrected chi connectivity index (χ4v) is 6.03. The molecule has 1 radical (unpaired) electrons. The minimum atomic E-state index is -0.339. The Bertz CT molecular complexity index is 1410. The van der Waals surface area contributed by atoms with Crippen molar-refractivity contribution in [3.63, 3.8) is 0 Å². The van der Waals surface area contributed by atoms with E-state index in [1.807, 2.05) is 6.20 Å². The van der Waals surface area contributed by atoms with Gasteiger partial charge >= 0.3 is 0 Å². The van der Waals surface area contributed by atoms with Crippen molar-refractivity contribution in [1.82, 2.24) is 9.55 Å². The molecule has 0 aliphatic rings. The summed E-state index contributed by atoms with van der Waals surface area (Å²) in [6.07, 6.45) is 12.1. The van der Waals surface area contributed by atoms with Gasteiger partial charge in [-0.2, -0.15) is 0 Å². The molecule has 0 amide bonds. The number of allylic oxidation sites excluding steroid dienone is 2. The molecule has 0 aliphatic carbocycles. The summed E-state index contributed by atoms with van der Waals surface area (Å²) in [5.74, 6) is 0.292. The highest BCUT2D eigenvalue weighted by molar-refractivity contribution is 6.73. The molecule has 185 valence electrons. The van der Waals surface area contributed by atoms with Crippen LogP contribution in [-0.4, -0.2) is 26.4 Å². The normalized spacial score (nSPS) is 12.1. The predicted molar refractivity (Wildman–Crippen MR) is 166 cm³/mol. The third kappa shape index (κ3) is 6.99. The lowest BCUT2D eigenvalue weighted by Crippen LogP contribution is -2.29. The lowest BCUT2D eigenvalue weighted by Gasteiger charge is -2.14. The van der Waals surface area contributed by atoms with E-state index in [4.69, 9.17) is 4.98 Å². The maximum atomic E-state index is 4.70. The van der Waals surface area contributed by atoms with Crippen LogP contribution in [0.15, 0.2) is 146 Å². The fraction of sp³-hybridized carbons (Fsp3) is 0.0882. The van der Waals surface area contributed by atoms with Crippen LogP contribution in [0.5, 0.6) is 0 Å². The van der Waals surface area contributed by atoms with Crippen LogP contribution in [0.1, 0.15) is 28.2 Å². The number of imidazole rings is 1. The zero-order chi connectivity index (χ0) is 25.8. The quantitative estimate of drug-likeness (QED) is 0.0883. The van der Waals surface area contributed by atoms with Crippen molar-refractivity contribution in [3.05, 3.63) is 168 Å². The van der Waals surface area contributed by atoms with E-state index >= 15 is 0 Å². The molecular weight excluding hydrogens is 475 g/mol. The van der Waals surface area contributed by atoms with E-state index in [0.29, 0.717) is 5.92 Å². The van der Waals surface area contributed by atoms with Crippen LogP contribution >= 0.6 is 0 Å². The van der Waals surface area contributed by atoms with Gasteiger partial charge in [-0.1, -0.05) is 145 Å². The lowest BCUT2D eigenvalue weighted by atomic mass is 9.65. The molecular formula is C34H32BN2Si. The number of benzene rings is 4. The number of hydrogen-bond donors (Lipinski definition) is 0. The Morgan fingerprint density at radius 3 is 1.97 bits per heavy atom. The van der Waals surface area contributed by atoms with Gasteiger partial charge in [0.2, 0.25) is 7.28 Å². The molecule has 2 nitrogen and oxygen atoms in total. The van der Waals surface area contributed by atoms with E-state index in [1.54, 1.807) is 0 Å². The van der Waals surface area contributed by atoms with Crippen molar-refractivity contribution in [2.24, 2.45) is 0 Å². The first-order valence-corrected chi connectivity index (χ1v) is 15.3. The Kier molecular flexibility index (Phi) is 9.00. The highest BCUT2D eigenvalue weighted by atomic mass is 28.2. The Morgan fingerprint density at radius 2 is 1.34 bits per heavy atom. The lowest BCUT2D eigenvalue weighted by molar-refractivity contribution is 0.902. The van der Waals surface area contributed by atoms with Crippen molar-refractivity contribution in [2.75, 3.05) is 0 Å². The SMILES string of the molecule is [B](C(=Cc1ccccc1)c1ccccc1)c1nccn1C[SiH2]CC=CC(c1ccccc1)c1ccccc1. The molecule has 4 heteroatoms. The maximum absolute atomic E-state index is 4.70. The van der Waals surface area contributed by atoms with Gasteiger partial charge in [-0.25, -0.2) is 0 Å². The van der Waals surface area contributed by atoms with Crippen molar-refractivity contribution >= 4 is 34.1 Å². The van der Waals surface area contributed by atoms with E-state index in [1.165, 1.54) is 27.7 Å². The molecule has 0 N–H and O–H groups in total. The summed E-state index contributed by atoms with van der Waals surface area (Å²) >= 11 is 0. The van der Waals surface area contributed by atoms with Gasteiger partial charge in [0.05, 0.1) is 5.72 Å². The first-order chi connectivity index (χ1) is 18.9. The molecule has 0 saturated carbocycles. The van der Waals surface area contributed by atoms with Crippen LogP contribution < -0.4 is 5.72 Å². The zero-order valence-corrected chi connectivity index (χ0v) is 23.0. The molecule has 4 aromatic carbocycles. The van der Waals surface area contributed by atoms with Crippen LogP contribution in [0, 0.1) is 0 Å². The summed E-state index contributed by atoms with van der Waals surface area (Å²) in [4.78, 5) is 4.70. The molecule has 38 heavy (non-hydrogen) atoms. The largest absolute Gasteiger partial charge is 0.347 e. The molecule has 0 fully saturated rings. The van der Waals surface area contributed by atoms with Gasteiger partial charge < -0.3 is 4.57 Å². The minimum Gasteiger partial charge on any atom is -0.347 e. The van der Waals surface area contributed by atoms with Crippen molar-refractivity contribution in [3.8, 4) is 0 Å². The standard InChI is InChI=1S/C34H32BN2Si/c1-5-14-28(15-6-1)26-33(31-20-11-4-12-21-31)35-34-36-23-24-37(34)27-38-25-13-22-32(29-16-7-2-8-17-29)30-18-9-3-10-19-30/h1-24,26,32H,25,27,38H2. The summed E-state index contributed by atoms with van der Waals surface area (Å²) in [7, 11) is 1.88. The topological polar surface area (TPSA) is 17.8 Å². The van der Waals surface area contributed by atoms with Crippen LogP contribution in [-0.2, 0) is 6.17 Å². The molecule has 0 atom stereocenters. The molecule has 0 bridgehead atoms. The average molecular weight is 508 g/mol. The molecule has 0 spiro atoms. The Balaban J connectivity index is 1.25. The number of hydrogen-bond acceptors (Lipinski definition) is 1. The van der Waals surface area contributed by atoms with Gasteiger partial charge in [0.15, 0.2) is 0 Å². The summed E-state index contributed by atoms with van der Waals surface area (Å²) in [6.45, 7) is 0. The number of rotatable bonds is 11. The Labute approximate surface area is 229 Å². The molecule has 1 heterocycles. The van der Waals surface area contributed by atoms with E-state index in [-0.39, 0.29) is 9.52 Å². The Morgan fingerprint density at radius 1 is 0.763 bits per heavy atom. The summed E-state index contributed by atoms with van der Waals surface area (Å²) in [5, 5.41) is 0. The third-order valence-corrected chi connectivity index (χ3v) is 8.22. The monoisotopic (exact) mass is 507 g/mol. The third-order valence-electron chi connectivity index (χ3n) is 6.68. The van der Waals surface area contributed by atoms with Gasteiger partial charge in [0, 0.05) is 34.0 Å². The second-order valence-electron chi connectivity index (χ2n) is 9.37. The summed E-state index contributed by atoms with van der Waals surface area (Å²) in [5.41, 5.74) is 7.23.